The SMILES string of the molecule is CSc1nc2c(sc3nc4ccccc4c(C)c32)c(=O)[nH]1. The minimum atomic E-state index is -0.0872. The van der Waals surface area contributed by atoms with Gasteiger partial charge in [-0.25, -0.2) is 9.97 Å². The largest absolute Gasteiger partial charge is 0.300 e. The van der Waals surface area contributed by atoms with E-state index in [4.69, 9.17) is 4.98 Å². The summed E-state index contributed by atoms with van der Waals surface area (Å²) in [5.74, 6) is 0. The van der Waals surface area contributed by atoms with E-state index in [0.29, 0.717) is 9.86 Å². The maximum Gasteiger partial charge on any atom is 0.269 e. The zero-order valence-corrected chi connectivity index (χ0v) is 13.1. The molecule has 0 bridgehead atoms. The van der Waals surface area contributed by atoms with Crippen LogP contribution in [0.3, 0.4) is 0 Å². The predicted molar refractivity (Wildman–Crippen MR) is 89.6 cm³/mol. The van der Waals surface area contributed by atoms with Crippen molar-refractivity contribution in [2.24, 2.45) is 0 Å². The first-order valence-electron chi connectivity index (χ1n) is 6.45. The maximum absolute atomic E-state index is 12.2. The molecule has 3 aromatic heterocycles. The van der Waals surface area contributed by atoms with E-state index in [2.05, 4.69) is 23.0 Å². The Morgan fingerprint density at radius 2 is 2.05 bits per heavy atom. The summed E-state index contributed by atoms with van der Waals surface area (Å²) < 4.78 is 0.647. The Kier molecular flexibility index (Phi) is 2.77. The quantitative estimate of drug-likeness (QED) is 0.430. The first kappa shape index (κ1) is 12.8. The van der Waals surface area contributed by atoms with Crippen LogP contribution in [0.25, 0.3) is 31.3 Å². The third-order valence-electron chi connectivity index (χ3n) is 3.60. The summed E-state index contributed by atoms with van der Waals surface area (Å²) in [4.78, 5) is 25.2. The number of pyridine rings is 1. The highest BCUT2D eigenvalue weighted by molar-refractivity contribution is 7.98. The molecular weight excluding hydrogens is 302 g/mol. The third kappa shape index (κ3) is 1.79. The molecule has 3 heterocycles. The highest BCUT2D eigenvalue weighted by atomic mass is 32.2. The van der Waals surface area contributed by atoms with Crippen LogP contribution in [0.2, 0.25) is 0 Å². The van der Waals surface area contributed by atoms with E-state index in [1.165, 1.54) is 23.1 Å². The minimum Gasteiger partial charge on any atom is -0.300 e. The number of hydrogen-bond donors (Lipinski definition) is 1. The number of aromatic nitrogens is 3. The lowest BCUT2D eigenvalue weighted by Crippen LogP contribution is -2.06. The van der Waals surface area contributed by atoms with Gasteiger partial charge in [0, 0.05) is 10.8 Å². The van der Waals surface area contributed by atoms with Crippen molar-refractivity contribution in [3.8, 4) is 0 Å². The molecule has 4 rings (SSSR count). The summed E-state index contributed by atoms with van der Waals surface area (Å²) in [5.41, 5.74) is 2.76. The monoisotopic (exact) mass is 313 g/mol. The molecule has 21 heavy (non-hydrogen) atoms. The molecule has 0 saturated heterocycles. The molecule has 0 spiro atoms. The minimum absolute atomic E-state index is 0.0872. The van der Waals surface area contributed by atoms with Gasteiger partial charge in [-0.2, -0.15) is 0 Å². The average Bonchev–Trinajstić information content (AvgIpc) is 2.86. The molecule has 0 aliphatic carbocycles. The second-order valence-corrected chi connectivity index (χ2v) is 6.58. The predicted octanol–water partition coefficient (Wildman–Crippen LogP) is 3.72. The van der Waals surface area contributed by atoms with Crippen LogP contribution in [0, 0.1) is 6.92 Å². The highest BCUT2D eigenvalue weighted by Gasteiger charge is 2.16. The Labute approximate surface area is 128 Å². The number of para-hydroxylation sites is 1. The van der Waals surface area contributed by atoms with Crippen LogP contribution in [0.1, 0.15) is 5.56 Å². The van der Waals surface area contributed by atoms with Crippen molar-refractivity contribution < 1.29 is 0 Å². The molecule has 0 radical (unpaired) electrons. The molecule has 4 aromatic rings. The summed E-state index contributed by atoms with van der Waals surface area (Å²) in [6.45, 7) is 2.07. The van der Waals surface area contributed by atoms with E-state index in [9.17, 15) is 4.79 Å². The smallest absolute Gasteiger partial charge is 0.269 e. The van der Waals surface area contributed by atoms with Gasteiger partial charge < -0.3 is 4.98 Å². The van der Waals surface area contributed by atoms with Crippen molar-refractivity contribution in [1.29, 1.82) is 0 Å². The molecule has 0 fully saturated rings. The molecular formula is C15H11N3OS2. The lowest BCUT2D eigenvalue weighted by Gasteiger charge is -2.03. The molecule has 0 unspecified atom stereocenters. The topological polar surface area (TPSA) is 58.6 Å². The first-order chi connectivity index (χ1) is 10.2. The van der Waals surface area contributed by atoms with Crippen molar-refractivity contribution in [3.05, 3.63) is 40.2 Å². The second-order valence-electron chi connectivity index (χ2n) is 4.79. The number of benzene rings is 1. The van der Waals surface area contributed by atoms with Crippen LogP contribution in [0.15, 0.2) is 34.2 Å². The van der Waals surface area contributed by atoms with E-state index in [-0.39, 0.29) is 5.56 Å². The van der Waals surface area contributed by atoms with Gasteiger partial charge in [0.05, 0.1) is 11.0 Å². The number of thiophene rings is 1. The standard InChI is InChI=1S/C15H11N3OS2/c1-7-8-5-3-4-6-9(8)16-14-10(7)11-12(21-14)13(19)18-15(17-11)20-2/h3-6H,1-2H3,(H,17,18,19). The third-order valence-corrected chi connectivity index (χ3v) is 5.25. The molecule has 4 nitrogen and oxygen atoms in total. The molecule has 0 aliphatic rings. The number of H-pyrrole nitrogens is 1. The van der Waals surface area contributed by atoms with E-state index < -0.39 is 0 Å². The van der Waals surface area contributed by atoms with E-state index in [0.717, 1.165) is 32.2 Å². The van der Waals surface area contributed by atoms with E-state index in [1.807, 2.05) is 24.5 Å². The van der Waals surface area contributed by atoms with Crippen LogP contribution in [-0.2, 0) is 0 Å². The number of aromatic amines is 1. The molecule has 0 amide bonds. The Morgan fingerprint density at radius 1 is 1.24 bits per heavy atom. The Balaban J connectivity index is 2.29. The summed E-state index contributed by atoms with van der Waals surface area (Å²) >= 11 is 2.85. The fraction of sp³-hybridized carbons (Fsp3) is 0.133. The van der Waals surface area contributed by atoms with Gasteiger partial charge in [-0.15, -0.1) is 11.3 Å². The maximum atomic E-state index is 12.2. The molecule has 0 saturated carbocycles. The van der Waals surface area contributed by atoms with Gasteiger partial charge in [0.25, 0.3) is 5.56 Å². The summed E-state index contributed by atoms with van der Waals surface area (Å²) in [6.07, 6.45) is 1.90. The molecule has 6 heteroatoms. The van der Waals surface area contributed by atoms with Crippen molar-refractivity contribution in [2.45, 2.75) is 12.1 Å². The van der Waals surface area contributed by atoms with Crippen molar-refractivity contribution in [1.82, 2.24) is 15.0 Å². The fourth-order valence-corrected chi connectivity index (χ4v) is 4.06. The molecule has 0 aliphatic heterocycles. The Hall–Kier alpha value is -1.92. The number of fused-ring (bicyclic) bond motifs is 4. The van der Waals surface area contributed by atoms with Gasteiger partial charge >= 0.3 is 0 Å². The van der Waals surface area contributed by atoms with Gasteiger partial charge in [0.1, 0.15) is 9.53 Å². The number of rotatable bonds is 1. The highest BCUT2D eigenvalue weighted by Crippen LogP contribution is 2.35. The van der Waals surface area contributed by atoms with Gasteiger partial charge in [-0.1, -0.05) is 30.0 Å². The summed E-state index contributed by atoms with van der Waals surface area (Å²) in [6, 6.07) is 8.04. The van der Waals surface area contributed by atoms with E-state index >= 15 is 0 Å². The zero-order chi connectivity index (χ0) is 14.6. The van der Waals surface area contributed by atoms with E-state index in [1.54, 1.807) is 0 Å². The van der Waals surface area contributed by atoms with Crippen LogP contribution in [0.5, 0.6) is 0 Å². The van der Waals surface area contributed by atoms with Crippen LogP contribution in [0.4, 0.5) is 0 Å². The normalized spacial score (nSPS) is 11.7. The van der Waals surface area contributed by atoms with Gasteiger partial charge in [0.2, 0.25) is 0 Å². The molecule has 1 aromatic carbocycles. The van der Waals surface area contributed by atoms with Gasteiger partial charge in [-0.3, -0.25) is 4.79 Å². The van der Waals surface area contributed by atoms with Gasteiger partial charge in [-0.05, 0) is 24.8 Å². The number of thioether (sulfide) groups is 1. The fourth-order valence-electron chi connectivity index (χ4n) is 2.60. The molecule has 0 atom stereocenters. The molecule has 1 N–H and O–H groups in total. The number of nitrogens with one attached hydrogen (secondary N) is 1. The van der Waals surface area contributed by atoms with Gasteiger partial charge in [0.15, 0.2) is 5.16 Å². The average molecular weight is 313 g/mol. The Morgan fingerprint density at radius 3 is 2.86 bits per heavy atom. The lowest BCUT2D eigenvalue weighted by molar-refractivity contribution is 0.983. The zero-order valence-electron chi connectivity index (χ0n) is 11.4. The van der Waals surface area contributed by atoms with Crippen molar-refractivity contribution in [2.75, 3.05) is 6.26 Å². The first-order valence-corrected chi connectivity index (χ1v) is 8.49. The molecule has 104 valence electrons. The Bertz CT molecular complexity index is 1070. The van der Waals surface area contributed by atoms with Crippen LogP contribution < -0.4 is 5.56 Å². The summed E-state index contributed by atoms with van der Waals surface area (Å²) in [5, 5.41) is 2.74. The number of hydrogen-bond acceptors (Lipinski definition) is 5. The number of aryl methyl sites for hydroxylation is 1. The van der Waals surface area contributed by atoms with Crippen LogP contribution in [-0.4, -0.2) is 21.2 Å². The van der Waals surface area contributed by atoms with Crippen LogP contribution >= 0.6 is 23.1 Å². The number of nitrogens with zero attached hydrogens (tertiary/aromatic N) is 2. The van der Waals surface area contributed by atoms with Crippen molar-refractivity contribution >= 4 is 54.4 Å². The lowest BCUT2D eigenvalue weighted by atomic mass is 10.1. The second kappa shape index (κ2) is 4.54. The van der Waals surface area contributed by atoms with Crippen molar-refractivity contribution in [3.63, 3.8) is 0 Å². The summed E-state index contributed by atoms with van der Waals surface area (Å²) in [7, 11) is 0.